The average molecular weight is 679 g/mol. The molecular weight excluding hydrogens is 623 g/mol. The van der Waals surface area contributed by atoms with Crippen molar-refractivity contribution in [2.45, 2.75) is 85.5 Å². The highest BCUT2D eigenvalue weighted by Crippen LogP contribution is 2.42. The lowest BCUT2D eigenvalue weighted by atomic mass is 9.82. The number of fused-ring (bicyclic) bond motifs is 3. The highest BCUT2D eigenvalue weighted by Gasteiger charge is 2.22. The molecule has 0 spiro atoms. The number of benzene rings is 5. The molecule has 1 aromatic heterocycles. The Morgan fingerprint density at radius 3 is 2.04 bits per heavy atom. The smallest absolute Gasteiger partial charge is 0.129 e. The van der Waals surface area contributed by atoms with Crippen LogP contribution < -0.4 is 9.64 Å². The van der Waals surface area contributed by atoms with Crippen molar-refractivity contribution in [3.63, 3.8) is 0 Å². The number of hydrogen-bond acceptors (Lipinski definition) is 3. The maximum absolute atomic E-state index is 7.88. The van der Waals surface area contributed by atoms with Gasteiger partial charge in [0, 0.05) is 57.8 Å². The Kier molecular flexibility index (Phi) is 8.04. The van der Waals surface area contributed by atoms with E-state index in [1.165, 1.54) is 38.1 Å². The molecule has 0 saturated heterocycles. The maximum Gasteiger partial charge on any atom is 0.129 e. The molecular formula is C47H53N3O. The average Bonchev–Trinajstić information content (AvgIpc) is 3.75. The molecule has 0 saturated carbocycles. The molecule has 2 heterocycles. The zero-order valence-electron chi connectivity index (χ0n) is 34.6. The van der Waals surface area contributed by atoms with Gasteiger partial charge in [-0.25, -0.2) is 0 Å². The first kappa shape index (κ1) is 30.8. The number of aromatic nitrogens is 1. The van der Waals surface area contributed by atoms with Crippen LogP contribution in [0.3, 0.4) is 0 Å². The first-order valence-electron chi connectivity index (χ1n) is 19.9. The number of anilines is 1. The van der Waals surface area contributed by atoms with Gasteiger partial charge in [-0.2, -0.15) is 0 Å². The van der Waals surface area contributed by atoms with Crippen LogP contribution in [0.15, 0.2) is 109 Å². The van der Waals surface area contributed by atoms with E-state index < -0.39 is 6.98 Å². The lowest BCUT2D eigenvalue weighted by Gasteiger charge is -2.25. The van der Waals surface area contributed by atoms with Crippen molar-refractivity contribution in [1.82, 2.24) is 9.47 Å². The number of rotatable bonds is 8. The van der Waals surface area contributed by atoms with Crippen LogP contribution in [0.1, 0.15) is 106 Å². The third-order valence-electron chi connectivity index (χ3n) is 10.2. The summed E-state index contributed by atoms with van der Waals surface area (Å²) in [5.41, 5.74) is 11.9. The zero-order valence-corrected chi connectivity index (χ0v) is 31.6. The van der Waals surface area contributed by atoms with Gasteiger partial charge in [0.1, 0.15) is 11.5 Å². The zero-order chi connectivity index (χ0) is 38.7. The summed E-state index contributed by atoms with van der Waals surface area (Å²) in [6.45, 7) is 18.4. The predicted molar refractivity (Wildman–Crippen MR) is 218 cm³/mol. The van der Waals surface area contributed by atoms with E-state index in [0.29, 0.717) is 23.5 Å². The predicted octanol–water partition coefficient (Wildman–Crippen LogP) is 13.1. The van der Waals surface area contributed by atoms with Crippen molar-refractivity contribution < 1.29 is 8.85 Å². The summed E-state index contributed by atoms with van der Waals surface area (Å²) in [6, 6.07) is 35.1. The maximum atomic E-state index is 7.88. The van der Waals surface area contributed by atoms with E-state index in [1.807, 2.05) is 23.2 Å². The standard InChI is InChI=1S/C47H53N3O/c1-30(2)34-23-42(31(3)4)46(43(24-34)32(5)6)33-14-13-15-36(22-33)50-44-17-12-11-16-40(44)41-19-18-38(28-45(41)50)51-39-26-35(47(7,8)9)25-37(27-39)49-21-20-48(10)29-49/h11-28,30-32H,29H2,1-10H3/i10D3. The summed E-state index contributed by atoms with van der Waals surface area (Å²) >= 11 is 0. The van der Waals surface area contributed by atoms with E-state index in [9.17, 15) is 0 Å². The molecule has 0 atom stereocenters. The van der Waals surface area contributed by atoms with Gasteiger partial charge in [0.2, 0.25) is 0 Å². The molecule has 7 rings (SSSR count). The van der Waals surface area contributed by atoms with Gasteiger partial charge < -0.3 is 19.1 Å². The van der Waals surface area contributed by atoms with Gasteiger partial charge in [-0.15, -0.1) is 0 Å². The molecule has 1 aliphatic heterocycles. The van der Waals surface area contributed by atoms with Crippen molar-refractivity contribution >= 4 is 27.5 Å². The second-order valence-electron chi connectivity index (χ2n) is 16.1. The fourth-order valence-electron chi connectivity index (χ4n) is 7.35. The van der Waals surface area contributed by atoms with E-state index in [1.54, 1.807) is 6.20 Å². The Balaban J connectivity index is 1.34. The van der Waals surface area contributed by atoms with E-state index in [0.717, 1.165) is 39.1 Å². The lowest BCUT2D eigenvalue weighted by Crippen LogP contribution is -2.22. The van der Waals surface area contributed by atoms with Crippen LogP contribution in [0.5, 0.6) is 11.5 Å². The van der Waals surface area contributed by atoms with Crippen LogP contribution in [0.4, 0.5) is 5.69 Å². The van der Waals surface area contributed by atoms with Crippen LogP contribution in [0.25, 0.3) is 38.6 Å². The van der Waals surface area contributed by atoms with Crippen molar-refractivity contribution in [2.24, 2.45) is 0 Å². The first-order chi connectivity index (χ1) is 25.5. The summed E-state index contributed by atoms with van der Waals surface area (Å²) < 4.78 is 32.7. The van der Waals surface area contributed by atoms with Gasteiger partial charge >= 0.3 is 0 Å². The Bertz CT molecular complexity index is 2350. The molecule has 0 bridgehead atoms. The molecule has 0 amide bonds. The Morgan fingerprint density at radius 2 is 1.37 bits per heavy atom. The van der Waals surface area contributed by atoms with E-state index in [4.69, 9.17) is 8.85 Å². The molecule has 5 aromatic carbocycles. The van der Waals surface area contributed by atoms with Crippen LogP contribution in [-0.2, 0) is 5.41 Å². The van der Waals surface area contributed by atoms with Gasteiger partial charge in [-0.3, -0.25) is 0 Å². The third kappa shape index (κ3) is 6.65. The summed E-state index contributed by atoms with van der Waals surface area (Å²) in [5.74, 6) is 2.66. The minimum absolute atomic E-state index is 0.150. The second-order valence-corrected chi connectivity index (χ2v) is 16.1. The van der Waals surface area contributed by atoms with Gasteiger partial charge in [-0.05, 0) is 99.0 Å². The van der Waals surface area contributed by atoms with Crippen molar-refractivity contribution in [3.8, 4) is 28.3 Å². The van der Waals surface area contributed by atoms with Crippen molar-refractivity contribution in [2.75, 3.05) is 18.5 Å². The Morgan fingerprint density at radius 1 is 0.647 bits per heavy atom. The molecule has 51 heavy (non-hydrogen) atoms. The van der Waals surface area contributed by atoms with Gasteiger partial charge in [0.25, 0.3) is 0 Å². The highest BCUT2D eigenvalue weighted by molar-refractivity contribution is 6.09. The molecule has 262 valence electrons. The molecule has 4 heteroatoms. The molecule has 0 N–H and O–H groups in total. The van der Waals surface area contributed by atoms with Crippen LogP contribution in [0.2, 0.25) is 0 Å². The summed E-state index contributed by atoms with van der Waals surface area (Å²) in [6.07, 6.45) is 3.45. The minimum Gasteiger partial charge on any atom is -0.457 e. The van der Waals surface area contributed by atoms with Crippen LogP contribution in [-0.4, -0.2) is 23.1 Å². The summed E-state index contributed by atoms with van der Waals surface area (Å²) in [5, 5.41) is 2.35. The Labute approximate surface area is 309 Å². The lowest BCUT2D eigenvalue weighted by molar-refractivity contribution is 0.477. The quantitative estimate of drug-likeness (QED) is 0.160. The molecule has 0 radical (unpaired) electrons. The molecule has 1 aliphatic rings. The fraction of sp³-hybridized carbons (Fsp3) is 0.319. The molecule has 0 unspecified atom stereocenters. The highest BCUT2D eigenvalue weighted by atomic mass is 16.5. The van der Waals surface area contributed by atoms with Crippen LogP contribution in [0, 0.1) is 0 Å². The number of nitrogens with zero attached hydrogens (tertiary/aromatic N) is 3. The van der Waals surface area contributed by atoms with E-state index in [2.05, 4.69) is 152 Å². The van der Waals surface area contributed by atoms with Gasteiger partial charge in [0.15, 0.2) is 0 Å². The minimum atomic E-state index is -2.20. The number of para-hydroxylation sites is 1. The van der Waals surface area contributed by atoms with Gasteiger partial charge in [-0.1, -0.05) is 105 Å². The molecule has 0 fully saturated rings. The SMILES string of the molecule is [2H]C([2H])([2H])N1C=CN(c2cc(Oc3ccc4c5ccccc5n(-c5cccc(-c6c(C(C)C)cc(C(C)C)cc6C(C)C)c5)c4c3)cc(C(C)(C)C)c2)C1. The van der Waals surface area contributed by atoms with Crippen molar-refractivity contribution in [1.29, 1.82) is 0 Å². The second kappa shape index (κ2) is 13.3. The first-order valence-corrected chi connectivity index (χ1v) is 18.4. The van der Waals surface area contributed by atoms with Gasteiger partial charge in [0.05, 0.1) is 17.7 Å². The normalized spacial score (nSPS) is 14.7. The van der Waals surface area contributed by atoms with E-state index >= 15 is 0 Å². The summed E-state index contributed by atoms with van der Waals surface area (Å²) in [4.78, 5) is 3.32. The monoisotopic (exact) mass is 678 g/mol. The largest absolute Gasteiger partial charge is 0.457 e. The van der Waals surface area contributed by atoms with Crippen molar-refractivity contribution in [3.05, 3.63) is 132 Å². The fourth-order valence-corrected chi connectivity index (χ4v) is 7.35. The van der Waals surface area contributed by atoms with Crippen LogP contribution >= 0.6 is 0 Å². The number of hydrogen-bond donors (Lipinski definition) is 0. The number of ether oxygens (including phenoxy) is 1. The summed E-state index contributed by atoms with van der Waals surface area (Å²) in [7, 11) is 0. The third-order valence-corrected chi connectivity index (χ3v) is 10.2. The molecule has 4 nitrogen and oxygen atoms in total. The molecule has 6 aromatic rings. The Hall–Kier alpha value is -4.96. The van der Waals surface area contributed by atoms with E-state index in [-0.39, 0.29) is 12.1 Å². The molecule has 0 aliphatic carbocycles. The topological polar surface area (TPSA) is 20.6 Å².